The van der Waals surface area contributed by atoms with E-state index in [1.54, 1.807) is 37.0 Å². The minimum Gasteiger partial charge on any atom is -0.458 e. The van der Waals surface area contributed by atoms with Crippen molar-refractivity contribution in [1.82, 2.24) is 19.6 Å². The lowest BCUT2D eigenvalue weighted by Gasteiger charge is -2.07. The van der Waals surface area contributed by atoms with Gasteiger partial charge in [-0.15, -0.1) is 0 Å². The van der Waals surface area contributed by atoms with E-state index in [2.05, 4.69) is 15.5 Å². The van der Waals surface area contributed by atoms with Crippen LogP contribution in [0.2, 0.25) is 0 Å². The molecule has 0 bridgehead atoms. The Bertz CT molecular complexity index is 817. The molecule has 1 amide bonds. The summed E-state index contributed by atoms with van der Waals surface area (Å²) in [6.45, 7) is 10.7. The summed E-state index contributed by atoms with van der Waals surface area (Å²) in [5.41, 5.74) is 2.27. The Morgan fingerprint density at radius 1 is 1.31 bits per heavy atom. The Balaban J connectivity index is 2.15. The van der Waals surface area contributed by atoms with Gasteiger partial charge in [-0.25, -0.2) is 4.79 Å². The van der Waals surface area contributed by atoms with Crippen LogP contribution < -0.4 is 5.32 Å². The maximum atomic E-state index is 12.3. The third-order valence-corrected chi connectivity index (χ3v) is 3.73. The highest BCUT2D eigenvalue weighted by Gasteiger charge is 2.20. The number of rotatable bonds is 7. The van der Waals surface area contributed by atoms with E-state index in [-0.39, 0.29) is 17.7 Å². The topological polar surface area (TPSA) is 91.0 Å². The Hall–Kier alpha value is -2.90. The maximum absolute atomic E-state index is 12.3. The average molecular weight is 359 g/mol. The van der Waals surface area contributed by atoms with Crippen LogP contribution in [-0.2, 0) is 22.6 Å². The number of nitrogens with zero attached hydrogens (tertiary/aromatic N) is 4. The molecule has 8 heteroatoms. The van der Waals surface area contributed by atoms with E-state index in [0.717, 1.165) is 17.8 Å². The Kier molecular flexibility index (Phi) is 6.32. The average Bonchev–Trinajstić information content (AvgIpc) is 3.15. The zero-order chi connectivity index (χ0) is 19.3. The van der Waals surface area contributed by atoms with Crippen molar-refractivity contribution >= 4 is 23.6 Å². The highest BCUT2D eigenvalue weighted by molar-refractivity contribution is 6.05. The lowest BCUT2D eigenvalue weighted by Crippen LogP contribution is -2.16. The van der Waals surface area contributed by atoms with E-state index in [9.17, 15) is 9.59 Å². The van der Waals surface area contributed by atoms with Gasteiger partial charge in [-0.05, 0) is 40.7 Å². The number of hydrogen-bond donors (Lipinski definition) is 1. The molecule has 0 atom stereocenters. The number of esters is 1. The summed E-state index contributed by atoms with van der Waals surface area (Å²) in [4.78, 5) is 24.4. The van der Waals surface area contributed by atoms with Crippen molar-refractivity contribution in [3.8, 4) is 0 Å². The molecule has 1 N–H and O–H groups in total. The van der Waals surface area contributed by atoms with E-state index in [1.165, 1.54) is 6.08 Å². The zero-order valence-electron chi connectivity index (χ0n) is 15.8. The first-order valence-electron chi connectivity index (χ1n) is 8.65. The normalized spacial score (nSPS) is 11.3. The molecule has 0 radical (unpaired) electrons. The lowest BCUT2D eigenvalue weighted by molar-refractivity contribution is -0.111. The van der Waals surface area contributed by atoms with Crippen molar-refractivity contribution < 1.29 is 14.3 Å². The molecule has 8 nitrogen and oxygen atoms in total. The second-order valence-electron chi connectivity index (χ2n) is 6.02. The van der Waals surface area contributed by atoms with Crippen molar-refractivity contribution in [3.63, 3.8) is 0 Å². The molecule has 0 unspecified atom stereocenters. The van der Waals surface area contributed by atoms with Gasteiger partial charge < -0.3 is 10.1 Å². The van der Waals surface area contributed by atoms with E-state index in [4.69, 9.17) is 4.74 Å². The lowest BCUT2D eigenvalue weighted by atomic mass is 10.2. The fourth-order valence-corrected chi connectivity index (χ4v) is 2.38. The largest absolute Gasteiger partial charge is 0.458 e. The van der Waals surface area contributed by atoms with Crippen LogP contribution in [0.5, 0.6) is 0 Å². The number of aromatic nitrogens is 4. The standard InChI is InChI=1S/C18H25N5O3/c1-6-22-11-15(17(21-22)18(25)26-12(3)4)20-16(24)9-8-14-10-19-23(7-2)13(14)5/h8-12H,6-7H2,1-5H3,(H,20,24)/b9-8+. The molecular weight excluding hydrogens is 334 g/mol. The van der Waals surface area contributed by atoms with Crippen molar-refractivity contribution in [2.75, 3.05) is 5.32 Å². The van der Waals surface area contributed by atoms with Crippen LogP contribution in [0.1, 0.15) is 49.4 Å². The molecule has 0 aliphatic rings. The van der Waals surface area contributed by atoms with Gasteiger partial charge in [0.2, 0.25) is 5.91 Å². The second kappa shape index (κ2) is 8.46. The molecule has 2 heterocycles. The van der Waals surface area contributed by atoms with Gasteiger partial charge in [0.05, 0.1) is 18.0 Å². The van der Waals surface area contributed by atoms with E-state index in [1.807, 2.05) is 25.5 Å². The van der Waals surface area contributed by atoms with Gasteiger partial charge >= 0.3 is 5.97 Å². The molecule has 0 spiro atoms. The number of hydrogen-bond acceptors (Lipinski definition) is 5. The van der Waals surface area contributed by atoms with Gasteiger partial charge in [-0.3, -0.25) is 14.2 Å². The van der Waals surface area contributed by atoms with Crippen molar-refractivity contribution in [1.29, 1.82) is 0 Å². The summed E-state index contributed by atoms with van der Waals surface area (Å²) in [5, 5.41) is 11.1. The zero-order valence-corrected chi connectivity index (χ0v) is 15.8. The van der Waals surface area contributed by atoms with Gasteiger partial charge in [-0.1, -0.05) is 0 Å². The molecule has 26 heavy (non-hydrogen) atoms. The number of carbonyl (C=O) groups is 2. The minimum absolute atomic E-state index is 0.0947. The molecule has 0 aliphatic carbocycles. The van der Waals surface area contributed by atoms with Crippen molar-refractivity contribution in [2.45, 2.75) is 53.8 Å². The molecule has 140 valence electrons. The van der Waals surface area contributed by atoms with Crippen LogP contribution in [-0.4, -0.2) is 37.5 Å². The smallest absolute Gasteiger partial charge is 0.361 e. The molecule has 0 aliphatic heterocycles. The Morgan fingerprint density at radius 2 is 2.04 bits per heavy atom. The Morgan fingerprint density at radius 3 is 2.62 bits per heavy atom. The molecule has 0 saturated heterocycles. The summed E-state index contributed by atoms with van der Waals surface area (Å²) < 4.78 is 8.61. The monoisotopic (exact) mass is 359 g/mol. The first-order valence-corrected chi connectivity index (χ1v) is 8.65. The summed E-state index contributed by atoms with van der Waals surface area (Å²) >= 11 is 0. The first kappa shape index (κ1) is 19.4. The molecule has 2 aromatic rings. The van der Waals surface area contributed by atoms with Gasteiger partial charge in [0.1, 0.15) is 0 Å². The highest BCUT2D eigenvalue weighted by Crippen LogP contribution is 2.16. The van der Waals surface area contributed by atoms with Crippen LogP contribution in [0.4, 0.5) is 5.69 Å². The quantitative estimate of drug-likeness (QED) is 0.606. The van der Waals surface area contributed by atoms with E-state index < -0.39 is 5.97 Å². The van der Waals surface area contributed by atoms with E-state index >= 15 is 0 Å². The molecule has 2 rings (SSSR count). The first-order chi connectivity index (χ1) is 12.3. The van der Waals surface area contributed by atoms with Gasteiger partial charge in [-0.2, -0.15) is 10.2 Å². The Labute approximate surface area is 152 Å². The number of ether oxygens (including phenoxy) is 1. The summed E-state index contributed by atoms with van der Waals surface area (Å²) in [6, 6.07) is 0. The van der Waals surface area contributed by atoms with Gasteiger partial charge in [0.15, 0.2) is 5.69 Å². The minimum atomic E-state index is -0.563. The molecule has 0 fully saturated rings. The molecule has 0 saturated carbocycles. The summed E-state index contributed by atoms with van der Waals surface area (Å²) in [7, 11) is 0. The third-order valence-electron chi connectivity index (χ3n) is 3.73. The SMILES string of the molecule is CCn1cc(NC(=O)/C=C/c2cnn(CC)c2C)c(C(=O)OC(C)C)n1. The van der Waals surface area contributed by atoms with E-state index in [0.29, 0.717) is 12.2 Å². The number of carbonyl (C=O) groups excluding carboxylic acids is 2. The summed E-state index contributed by atoms with van der Waals surface area (Å²) in [6.07, 6.45) is 6.16. The second-order valence-corrected chi connectivity index (χ2v) is 6.02. The van der Waals surface area contributed by atoms with Crippen molar-refractivity contribution in [2.24, 2.45) is 0 Å². The predicted octanol–water partition coefficient (Wildman–Crippen LogP) is 2.64. The number of amides is 1. The number of anilines is 1. The number of aryl methyl sites for hydroxylation is 2. The van der Waals surface area contributed by atoms with Crippen molar-refractivity contribution in [3.05, 3.63) is 35.4 Å². The number of nitrogens with one attached hydrogen (secondary N) is 1. The summed E-state index contributed by atoms with van der Waals surface area (Å²) in [5.74, 6) is -0.922. The maximum Gasteiger partial charge on any atom is 0.361 e. The molecular formula is C18H25N5O3. The fraction of sp³-hybridized carbons (Fsp3) is 0.444. The van der Waals surface area contributed by atoms with Gasteiger partial charge in [0.25, 0.3) is 0 Å². The van der Waals surface area contributed by atoms with Crippen LogP contribution in [0.25, 0.3) is 6.08 Å². The highest BCUT2D eigenvalue weighted by atomic mass is 16.5. The van der Waals surface area contributed by atoms with Crippen LogP contribution >= 0.6 is 0 Å². The third kappa shape index (κ3) is 4.59. The fourth-order valence-electron chi connectivity index (χ4n) is 2.38. The van der Waals surface area contributed by atoms with Crippen LogP contribution in [0, 0.1) is 6.92 Å². The molecule has 2 aromatic heterocycles. The molecule has 0 aromatic carbocycles. The predicted molar refractivity (Wildman–Crippen MR) is 98.8 cm³/mol. The van der Waals surface area contributed by atoms with Gasteiger partial charge in [0, 0.05) is 36.6 Å². The van der Waals surface area contributed by atoms with Crippen LogP contribution in [0.3, 0.4) is 0 Å². The van der Waals surface area contributed by atoms with Crippen LogP contribution in [0.15, 0.2) is 18.5 Å².